The third kappa shape index (κ3) is 4.70. The van der Waals surface area contributed by atoms with Crippen LogP contribution in [0.2, 0.25) is 0 Å². The molecule has 0 amide bonds. The molecule has 0 bridgehead atoms. The Morgan fingerprint density at radius 2 is 1.93 bits per heavy atom. The van der Waals surface area contributed by atoms with E-state index < -0.39 is 54.5 Å². The van der Waals surface area contributed by atoms with Crippen LogP contribution < -0.4 is 0 Å². The molecule has 0 radical (unpaired) electrons. The van der Waals surface area contributed by atoms with E-state index in [0.717, 1.165) is 6.08 Å². The van der Waals surface area contributed by atoms with Crippen LogP contribution in [0.3, 0.4) is 0 Å². The third-order valence-electron chi connectivity index (χ3n) is 5.46. The van der Waals surface area contributed by atoms with E-state index in [2.05, 4.69) is 0 Å². The Balaban J connectivity index is 2.41. The number of ketones is 1. The molecule has 0 aromatic heterocycles. The number of carboxylic acids is 1. The van der Waals surface area contributed by atoms with Gasteiger partial charge in [-0.15, -0.1) is 0 Å². The highest BCUT2D eigenvalue weighted by molar-refractivity contribution is 5.93. The maximum absolute atomic E-state index is 12.2. The summed E-state index contributed by atoms with van der Waals surface area (Å²) in [7, 11) is 0. The maximum atomic E-state index is 12.2. The van der Waals surface area contributed by atoms with Gasteiger partial charge >= 0.3 is 5.97 Å². The Hall–Kier alpha value is -1.92. The van der Waals surface area contributed by atoms with E-state index >= 15 is 0 Å². The van der Waals surface area contributed by atoms with E-state index in [1.54, 1.807) is 0 Å². The van der Waals surface area contributed by atoms with Crippen molar-refractivity contribution in [3.05, 3.63) is 35.5 Å². The van der Waals surface area contributed by atoms with E-state index in [1.807, 2.05) is 0 Å². The Bertz CT molecular complexity index is 770. The lowest BCUT2D eigenvalue weighted by Crippen LogP contribution is -2.64. The first kappa shape index (κ1) is 24.4. The average molecular weight is 428 g/mol. The fourth-order valence-electron chi connectivity index (χ4n) is 3.64. The summed E-state index contributed by atoms with van der Waals surface area (Å²) < 4.78 is 11.2. The molecule has 7 atom stereocenters. The molecule has 1 fully saturated rings. The first-order chi connectivity index (χ1) is 13.8. The van der Waals surface area contributed by atoms with Crippen LogP contribution in [-0.2, 0) is 19.1 Å². The van der Waals surface area contributed by atoms with Gasteiger partial charge in [-0.2, -0.15) is 0 Å². The molecule has 6 N–H and O–H groups in total. The normalized spacial score (nSPS) is 40.5. The minimum absolute atomic E-state index is 0.213. The second-order valence-corrected chi connectivity index (χ2v) is 7.84. The summed E-state index contributed by atoms with van der Waals surface area (Å²) in [5, 5.41) is 59.8. The van der Waals surface area contributed by atoms with Gasteiger partial charge in [0.15, 0.2) is 12.1 Å². The largest absolute Gasteiger partial charge is 0.478 e. The van der Waals surface area contributed by atoms with Crippen LogP contribution in [0.4, 0.5) is 0 Å². The van der Waals surface area contributed by atoms with Gasteiger partial charge in [-0.1, -0.05) is 6.08 Å². The smallest absolute Gasteiger partial charge is 0.328 e. The minimum atomic E-state index is -1.90. The highest BCUT2D eigenvalue weighted by atomic mass is 16.7. The molecule has 30 heavy (non-hydrogen) atoms. The number of allylic oxidation sites excluding steroid dienone is 3. The number of hydrogen-bond donors (Lipinski definition) is 6. The summed E-state index contributed by atoms with van der Waals surface area (Å²) in [6, 6.07) is 0. The SMILES string of the molecule is CC1=CC(=O)C[C@@](C)(O[C@@H]2O[C@H](CO)[C@@H](O)[C@H](O)[C@H]2O)[C@]1(O)/C=C/C(C)=C\C(=O)O. The Morgan fingerprint density at radius 1 is 1.30 bits per heavy atom. The molecule has 0 unspecified atom stereocenters. The Morgan fingerprint density at radius 3 is 2.50 bits per heavy atom. The zero-order valence-corrected chi connectivity index (χ0v) is 16.9. The summed E-state index contributed by atoms with van der Waals surface area (Å²) in [4.78, 5) is 23.0. The van der Waals surface area contributed by atoms with Crippen molar-refractivity contribution in [3.63, 3.8) is 0 Å². The monoisotopic (exact) mass is 428 g/mol. The number of hydrogen-bond acceptors (Lipinski definition) is 9. The summed E-state index contributed by atoms with van der Waals surface area (Å²) >= 11 is 0. The fraction of sp³-hybridized carbons (Fsp3) is 0.600. The average Bonchev–Trinajstić information content (AvgIpc) is 2.64. The van der Waals surface area contributed by atoms with Crippen LogP contribution in [-0.4, -0.2) is 90.9 Å². The van der Waals surface area contributed by atoms with Gasteiger partial charge in [0.2, 0.25) is 0 Å². The van der Waals surface area contributed by atoms with Crippen LogP contribution >= 0.6 is 0 Å². The zero-order valence-electron chi connectivity index (χ0n) is 16.9. The highest BCUT2D eigenvalue weighted by Gasteiger charge is 2.55. The maximum Gasteiger partial charge on any atom is 0.328 e. The lowest BCUT2D eigenvalue weighted by molar-refractivity contribution is -0.337. The van der Waals surface area contributed by atoms with Gasteiger partial charge in [-0.25, -0.2) is 4.79 Å². The van der Waals surface area contributed by atoms with Crippen molar-refractivity contribution in [2.45, 2.75) is 69.1 Å². The molecule has 0 saturated carbocycles. The van der Waals surface area contributed by atoms with Crippen molar-refractivity contribution in [2.75, 3.05) is 6.61 Å². The summed E-state index contributed by atoms with van der Waals surface area (Å²) in [6.45, 7) is 3.75. The Kier molecular flexibility index (Phi) is 7.36. The summed E-state index contributed by atoms with van der Waals surface area (Å²) in [5.41, 5.74) is -3.05. The molecule has 10 nitrogen and oxygen atoms in total. The number of ether oxygens (including phenoxy) is 2. The van der Waals surface area contributed by atoms with Crippen molar-refractivity contribution in [3.8, 4) is 0 Å². The van der Waals surface area contributed by atoms with Crippen molar-refractivity contribution >= 4 is 11.8 Å². The molecule has 2 aliphatic rings. The number of aliphatic hydroxyl groups is 5. The van der Waals surface area contributed by atoms with Crippen molar-refractivity contribution in [1.29, 1.82) is 0 Å². The summed E-state index contributed by atoms with van der Waals surface area (Å²) in [5.74, 6) is -1.54. The van der Waals surface area contributed by atoms with Crippen molar-refractivity contribution in [1.82, 2.24) is 0 Å². The van der Waals surface area contributed by atoms with E-state index in [9.17, 15) is 35.1 Å². The second-order valence-electron chi connectivity index (χ2n) is 7.84. The van der Waals surface area contributed by atoms with Gasteiger partial charge in [0.1, 0.15) is 35.6 Å². The molecule has 0 aromatic carbocycles. The minimum Gasteiger partial charge on any atom is -0.478 e. The quantitative estimate of drug-likeness (QED) is 0.223. The molecule has 1 aliphatic carbocycles. The predicted molar refractivity (Wildman–Crippen MR) is 102 cm³/mol. The van der Waals surface area contributed by atoms with Crippen molar-refractivity contribution < 1.29 is 49.7 Å². The topological polar surface area (TPSA) is 174 Å². The van der Waals surface area contributed by atoms with Crippen LogP contribution in [0.1, 0.15) is 27.2 Å². The fourth-order valence-corrected chi connectivity index (χ4v) is 3.64. The van der Waals surface area contributed by atoms with E-state index in [4.69, 9.17) is 14.6 Å². The van der Waals surface area contributed by atoms with E-state index in [1.165, 1.54) is 39.0 Å². The number of carbonyl (C=O) groups excluding carboxylic acids is 1. The molecule has 2 rings (SSSR count). The molecule has 1 aliphatic heterocycles. The van der Waals surface area contributed by atoms with Gasteiger partial charge in [0.25, 0.3) is 0 Å². The van der Waals surface area contributed by atoms with Crippen LogP contribution in [0, 0.1) is 0 Å². The Labute approximate surface area is 173 Å². The lowest BCUT2D eigenvalue weighted by atomic mass is 9.71. The first-order valence-electron chi connectivity index (χ1n) is 9.37. The number of aliphatic hydroxyl groups excluding tert-OH is 4. The molecule has 168 valence electrons. The zero-order chi connectivity index (χ0) is 22.9. The first-order valence-corrected chi connectivity index (χ1v) is 9.37. The third-order valence-corrected chi connectivity index (χ3v) is 5.46. The molecule has 1 saturated heterocycles. The van der Waals surface area contributed by atoms with Gasteiger partial charge < -0.3 is 40.1 Å². The van der Waals surface area contributed by atoms with Gasteiger partial charge in [-0.05, 0) is 44.1 Å². The second kappa shape index (κ2) is 9.06. The van der Waals surface area contributed by atoms with E-state index in [-0.39, 0.29) is 17.8 Å². The molecule has 10 heteroatoms. The predicted octanol–water partition coefficient (Wildman–Crippen LogP) is -1.20. The van der Waals surface area contributed by atoms with Crippen LogP contribution in [0.25, 0.3) is 0 Å². The number of aliphatic carboxylic acids is 1. The molecular formula is C20H28O10. The van der Waals surface area contributed by atoms with Gasteiger partial charge in [0.05, 0.1) is 6.61 Å². The van der Waals surface area contributed by atoms with Crippen LogP contribution in [0.15, 0.2) is 35.5 Å². The number of rotatable bonds is 6. The lowest BCUT2D eigenvalue weighted by Gasteiger charge is -2.49. The molecule has 0 spiro atoms. The molecular weight excluding hydrogens is 400 g/mol. The number of carboxylic acid groups (broad SMARTS) is 1. The highest BCUT2D eigenvalue weighted by Crippen LogP contribution is 2.42. The molecule has 1 heterocycles. The van der Waals surface area contributed by atoms with E-state index in [0.29, 0.717) is 5.57 Å². The van der Waals surface area contributed by atoms with Gasteiger partial charge in [-0.3, -0.25) is 4.79 Å². The summed E-state index contributed by atoms with van der Waals surface area (Å²) in [6.07, 6.45) is -3.30. The molecule has 0 aromatic rings. The van der Waals surface area contributed by atoms with Crippen LogP contribution in [0.5, 0.6) is 0 Å². The van der Waals surface area contributed by atoms with Crippen molar-refractivity contribution in [2.24, 2.45) is 0 Å². The number of carbonyl (C=O) groups is 2. The standard InChI is InChI=1S/C20H28O10/c1-10(6-14(23)24)4-5-20(28)11(2)7-12(22)8-19(20,3)30-18-17(27)16(26)15(25)13(9-21)29-18/h4-7,13,15-18,21,25-28H,8-9H2,1-3H3,(H,23,24)/b5-4+,10-6-/t13-,15-,16+,17-,18+,19-,20+/m1/s1. The van der Waals surface area contributed by atoms with Gasteiger partial charge in [0, 0.05) is 12.5 Å².